The highest BCUT2D eigenvalue weighted by atomic mass is 35.5. The van der Waals surface area contributed by atoms with Crippen LogP contribution in [0.4, 0.5) is 4.79 Å². The van der Waals surface area contributed by atoms with E-state index in [1.165, 1.54) is 0 Å². The van der Waals surface area contributed by atoms with Crippen molar-refractivity contribution < 1.29 is 14.3 Å². The number of amides is 2. The average Bonchev–Trinajstić information content (AvgIpc) is 3.14. The van der Waals surface area contributed by atoms with Gasteiger partial charge < -0.3 is 15.0 Å². The van der Waals surface area contributed by atoms with E-state index in [2.05, 4.69) is 11.4 Å². The molecular weight excluding hydrogens is 402 g/mol. The molecule has 1 N–H and O–H groups in total. The summed E-state index contributed by atoms with van der Waals surface area (Å²) in [6, 6.07) is 14.2. The molecule has 0 aromatic heterocycles. The molecule has 0 unspecified atom stereocenters. The summed E-state index contributed by atoms with van der Waals surface area (Å²) in [6.07, 6.45) is 0.192. The predicted octanol–water partition coefficient (Wildman–Crippen LogP) is 4.62. The monoisotopic (exact) mass is 425 g/mol. The number of rotatable bonds is 3. The molecule has 2 amide bonds. The first-order valence-corrected chi connectivity index (χ1v) is 10.1. The van der Waals surface area contributed by atoms with Gasteiger partial charge in [0.05, 0.1) is 17.7 Å². The van der Waals surface area contributed by atoms with Crippen LogP contribution in [0, 0.1) is 11.3 Å². The number of halogens is 1. The Hall–Kier alpha value is -3.04. The third kappa shape index (κ3) is 5.31. The first kappa shape index (κ1) is 21.7. The van der Waals surface area contributed by atoms with E-state index in [0.29, 0.717) is 35.7 Å². The molecular formula is C23H24ClN3O3. The van der Waals surface area contributed by atoms with Gasteiger partial charge in [-0.15, -0.1) is 0 Å². The van der Waals surface area contributed by atoms with Gasteiger partial charge in [-0.05, 0) is 63.1 Å². The van der Waals surface area contributed by atoms with E-state index in [4.69, 9.17) is 21.6 Å². The molecule has 1 aliphatic rings. The standard InChI is InChI=1S/C23H24ClN3O3/c1-23(2,3)30-22(29)26-18-10-11-27(14-18)21(28)17-8-9-20(24)19(12-17)16-6-4-15(13-25)5-7-16/h4-9,12,18H,10-11,14H2,1-3H3,(H,26,29)/t18-/m0/s1. The molecule has 1 heterocycles. The van der Waals surface area contributed by atoms with Gasteiger partial charge in [-0.25, -0.2) is 4.79 Å². The molecule has 2 aromatic rings. The fourth-order valence-electron chi connectivity index (χ4n) is 3.32. The Morgan fingerprint density at radius 1 is 1.20 bits per heavy atom. The number of benzene rings is 2. The van der Waals surface area contributed by atoms with Crippen molar-refractivity contribution in [1.82, 2.24) is 10.2 Å². The molecule has 1 atom stereocenters. The van der Waals surface area contributed by atoms with Crippen LogP contribution in [0.1, 0.15) is 43.1 Å². The average molecular weight is 426 g/mol. The normalized spacial score (nSPS) is 16.1. The molecule has 0 saturated carbocycles. The minimum Gasteiger partial charge on any atom is -0.444 e. The second kappa shape index (κ2) is 8.76. The quantitative estimate of drug-likeness (QED) is 0.777. The molecule has 6 nitrogen and oxygen atoms in total. The number of nitrogens with one attached hydrogen (secondary N) is 1. The molecule has 1 aliphatic heterocycles. The van der Waals surface area contributed by atoms with Crippen molar-refractivity contribution in [1.29, 1.82) is 5.26 Å². The molecule has 1 saturated heterocycles. The Kier molecular flexibility index (Phi) is 6.33. The lowest BCUT2D eigenvalue weighted by Crippen LogP contribution is -2.41. The Morgan fingerprint density at radius 2 is 1.90 bits per heavy atom. The van der Waals surface area contributed by atoms with Crippen molar-refractivity contribution in [2.75, 3.05) is 13.1 Å². The minimum atomic E-state index is -0.566. The summed E-state index contributed by atoms with van der Waals surface area (Å²) in [5, 5.41) is 12.3. The van der Waals surface area contributed by atoms with Crippen LogP contribution in [0.5, 0.6) is 0 Å². The molecule has 0 radical (unpaired) electrons. The van der Waals surface area contributed by atoms with Crippen molar-refractivity contribution in [3.63, 3.8) is 0 Å². The van der Waals surface area contributed by atoms with Crippen LogP contribution in [-0.4, -0.2) is 41.6 Å². The minimum absolute atomic E-state index is 0.116. The molecule has 1 fully saturated rings. The molecule has 3 rings (SSSR count). The summed E-state index contributed by atoms with van der Waals surface area (Å²) in [6.45, 7) is 6.40. The van der Waals surface area contributed by atoms with Crippen LogP contribution in [-0.2, 0) is 4.74 Å². The van der Waals surface area contributed by atoms with Gasteiger partial charge in [0, 0.05) is 29.2 Å². The van der Waals surface area contributed by atoms with E-state index >= 15 is 0 Å². The van der Waals surface area contributed by atoms with E-state index in [9.17, 15) is 9.59 Å². The Balaban J connectivity index is 1.70. The number of carbonyl (C=O) groups is 2. The maximum Gasteiger partial charge on any atom is 0.407 e. The van der Waals surface area contributed by atoms with Gasteiger partial charge in [-0.1, -0.05) is 23.7 Å². The van der Waals surface area contributed by atoms with Gasteiger partial charge in [0.2, 0.25) is 0 Å². The topological polar surface area (TPSA) is 82.4 Å². The summed E-state index contributed by atoms with van der Waals surface area (Å²) >= 11 is 6.35. The van der Waals surface area contributed by atoms with Crippen molar-refractivity contribution in [2.24, 2.45) is 0 Å². The van der Waals surface area contributed by atoms with Gasteiger partial charge >= 0.3 is 6.09 Å². The maximum absolute atomic E-state index is 13.0. The number of carbonyl (C=O) groups excluding carboxylic acids is 2. The van der Waals surface area contributed by atoms with Crippen LogP contribution >= 0.6 is 11.6 Å². The molecule has 0 aliphatic carbocycles. The first-order chi connectivity index (χ1) is 14.2. The van der Waals surface area contributed by atoms with Crippen LogP contribution < -0.4 is 5.32 Å². The smallest absolute Gasteiger partial charge is 0.407 e. The van der Waals surface area contributed by atoms with E-state index in [-0.39, 0.29) is 11.9 Å². The van der Waals surface area contributed by atoms with Gasteiger partial charge in [-0.2, -0.15) is 5.26 Å². The molecule has 0 spiro atoms. The van der Waals surface area contributed by atoms with E-state index < -0.39 is 11.7 Å². The Labute approximate surface area is 181 Å². The number of nitriles is 1. The van der Waals surface area contributed by atoms with Crippen molar-refractivity contribution >= 4 is 23.6 Å². The second-order valence-corrected chi connectivity index (χ2v) is 8.67. The van der Waals surface area contributed by atoms with E-state index in [1.54, 1.807) is 35.2 Å². The zero-order valence-electron chi connectivity index (χ0n) is 17.2. The molecule has 7 heteroatoms. The van der Waals surface area contributed by atoms with E-state index in [0.717, 1.165) is 11.1 Å². The second-order valence-electron chi connectivity index (χ2n) is 8.27. The number of ether oxygens (including phenoxy) is 1. The maximum atomic E-state index is 13.0. The van der Waals surface area contributed by atoms with Gasteiger partial charge in [0.1, 0.15) is 5.60 Å². The van der Waals surface area contributed by atoms with Gasteiger partial charge in [-0.3, -0.25) is 4.79 Å². The van der Waals surface area contributed by atoms with Crippen molar-refractivity contribution in [3.8, 4) is 17.2 Å². The Bertz CT molecular complexity index is 990. The third-order valence-electron chi connectivity index (χ3n) is 4.73. The molecule has 2 aromatic carbocycles. The van der Waals surface area contributed by atoms with Crippen molar-refractivity contribution in [2.45, 2.75) is 38.8 Å². The summed E-state index contributed by atoms with van der Waals surface area (Å²) in [5.74, 6) is -0.116. The number of alkyl carbamates (subject to hydrolysis) is 1. The first-order valence-electron chi connectivity index (χ1n) is 9.75. The summed E-state index contributed by atoms with van der Waals surface area (Å²) < 4.78 is 5.29. The number of hydrogen-bond acceptors (Lipinski definition) is 4. The predicted molar refractivity (Wildman–Crippen MR) is 115 cm³/mol. The number of nitrogens with zero attached hydrogens (tertiary/aromatic N) is 2. The molecule has 156 valence electrons. The van der Waals surface area contributed by atoms with Crippen molar-refractivity contribution in [3.05, 3.63) is 58.6 Å². The molecule has 0 bridgehead atoms. The van der Waals surface area contributed by atoms with Crippen LogP contribution in [0.2, 0.25) is 5.02 Å². The largest absolute Gasteiger partial charge is 0.444 e. The SMILES string of the molecule is CC(C)(C)OC(=O)N[C@H]1CCN(C(=O)c2ccc(Cl)c(-c3ccc(C#N)cc3)c2)C1. The zero-order valence-corrected chi connectivity index (χ0v) is 18.0. The van der Waals surface area contributed by atoms with Crippen LogP contribution in [0.3, 0.4) is 0 Å². The fourth-order valence-corrected chi connectivity index (χ4v) is 3.55. The fraction of sp³-hybridized carbons (Fsp3) is 0.348. The molecule has 30 heavy (non-hydrogen) atoms. The van der Waals surface area contributed by atoms with Gasteiger partial charge in [0.25, 0.3) is 5.91 Å². The third-order valence-corrected chi connectivity index (χ3v) is 5.06. The summed E-state index contributed by atoms with van der Waals surface area (Å²) in [4.78, 5) is 26.7. The van der Waals surface area contributed by atoms with Crippen LogP contribution in [0.25, 0.3) is 11.1 Å². The summed E-state index contributed by atoms with van der Waals surface area (Å²) in [5.41, 5.74) is 2.08. The lowest BCUT2D eigenvalue weighted by atomic mass is 10.0. The van der Waals surface area contributed by atoms with Gasteiger partial charge in [0.15, 0.2) is 0 Å². The lowest BCUT2D eigenvalue weighted by Gasteiger charge is -2.22. The van der Waals surface area contributed by atoms with E-state index in [1.807, 2.05) is 32.9 Å². The number of hydrogen-bond donors (Lipinski definition) is 1. The summed E-state index contributed by atoms with van der Waals surface area (Å²) in [7, 11) is 0. The lowest BCUT2D eigenvalue weighted by molar-refractivity contribution is 0.0502. The zero-order chi connectivity index (χ0) is 21.9. The highest BCUT2D eigenvalue weighted by molar-refractivity contribution is 6.33. The Morgan fingerprint density at radius 3 is 2.53 bits per heavy atom. The highest BCUT2D eigenvalue weighted by Crippen LogP contribution is 2.30. The van der Waals surface area contributed by atoms with Crippen LogP contribution in [0.15, 0.2) is 42.5 Å². The number of likely N-dealkylation sites (tertiary alicyclic amines) is 1. The highest BCUT2D eigenvalue weighted by Gasteiger charge is 2.29.